The Morgan fingerprint density at radius 1 is 1.21 bits per heavy atom. The molecule has 1 aliphatic rings. The molecule has 0 saturated carbocycles. The smallest absolute Gasteiger partial charge is 0.313 e. The quantitative estimate of drug-likeness (QED) is 0.502. The molecule has 4 heteroatoms. The highest BCUT2D eigenvalue weighted by Gasteiger charge is 2.44. The van der Waals surface area contributed by atoms with Crippen LogP contribution in [0.4, 0.5) is 0 Å². The van der Waals surface area contributed by atoms with Gasteiger partial charge in [-0.2, -0.15) is 0 Å². The molecule has 1 fully saturated rings. The van der Waals surface area contributed by atoms with Crippen LogP contribution in [-0.4, -0.2) is 24.1 Å². The summed E-state index contributed by atoms with van der Waals surface area (Å²) >= 11 is 0. The zero-order valence-corrected chi connectivity index (χ0v) is 12.3. The van der Waals surface area contributed by atoms with E-state index in [0.717, 1.165) is 25.7 Å². The summed E-state index contributed by atoms with van der Waals surface area (Å²) in [5.74, 6) is -0.706. The highest BCUT2D eigenvalue weighted by atomic mass is 16.6. The van der Waals surface area contributed by atoms with Gasteiger partial charge < -0.3 is 9.47 Å². The normalized spacial score (nSPS) is 26.3. The lowest BCUT2D eigenvalue weighted by molar-refractivity contribution is -0.153. The highest BCUT2D eigenvalue weighted by Crippen LogP contribution is 2.29. The van der Waals surface area contributed by atoms with E-state index < -0.39 is 6.10 Å². The zero-order chi connectivity index (χ0) is 14.3. The summed E-state index contributed by atoms with van der Waals surface area (Å²) in [6.07, 6.45) is 5.66. The maximum absolute atomic E-state index is 11.8. The monoisotopic (exact) mass is 270 g/mol. The largest absolute Gasteiger partial charge is 0.458 e. The SMILES string of the molecule is CCCCCC[C@H]1C(=O)O[C@@H](C)C1OC(=O)CCC. The van der Waals surface area contributed by atoms with Gasteiger partial charge in [0.2, 0.25) is 0 Å². The Labute approximate surface area is 115 Å². The van der Waals surface area contributed by atoms with E-state index in [-0.39, 0.29) is 24.0 Å². The fourth-order valence-electron chi connectivity index (χ4n) is 2.46. The lowest BCUT2D eigenvalue weighted by Crippen LogP contribution is -2.31. The summed E-state index contributed by atoms with van der Waals surface area (Å²) in [5.41, 5.74) is 0. The predicted octanol–water partition coefficient (Wildman–Crippen LogP) is 3.23. The van der Waals surface area contributed by atoms with Crippen LogP contribution >= 0.6 is 0 Å². The molecule has 0 aromatic carbocycles. The summed E-state index contributed by atoms with van der Waals surface area (Å²) in [6.45, 7) is 5.89. The molecule has 1 heterocycles. The van der Waals surface area contributed by atoms with Crippen molar-refractivity contribution < 1.29 is 19.1 Å². The van der Waals surface area contributed by atoms with Crippen molar-refractivity contribution in [2.45, 2.75) is 77.9 Å². The molecule has 0 N–H and O–H groups in total. The minimum absolute atomic E-state index is 0.210. The van der Waals surface area contributed by atoms with E-state index in [4.69, 9.17) is 9.47 Å². The number of carbonyl (C=O) groups is 2. The predicted molar refractivity (Wildman–Crippen MR) is 72.6 cm³/mol. The van der Waals surface area contributed by atoms with Gasteiger partial charge in [-0.1, -0.05) is 39.5 Å². The molecule has 110 valence electrons. The fourth-order valence-corrected chi connectivity index (χ4v) is 2.46. The van der Waals surface area contributed by atoms with Gasteiger partial charge in [-0.15, -0.1) is 0 Å². The Morgan fingerprint density at radius 2 is 1.95 bits per heavy atom. The minimum Gasteiger partial charge on any atom is -0.458 e. The number of rotatable bonds is 8. The van der Waals surface area contributed by atoms with Crippen molar-refractivity contribution in [3.8, 4) is 0 Å². The Balaban J connectivity index is 2.49. The topological polar surface area (TPSA) is 52.6 Å². The van der Waals surface area contributed by atoms with Gasteiger partial charge in [0.05, 0.1) is 5.92 Å². The number of carbonyl (C=O) groups excluding carboxylic acids is 2. The van der Waals surface area contributed by atoms with E-state index in [2.05, 4.69) is 6.92 Å². The van der Waals surface area contributed by atoms with Gasteiger partial charge in [-0.3, -0.25) is 9.59 Å². The summed E-state index contributed by atoms with van der Waals surface area (Å²) in [7, 11) is 0. The third kappa shape index (κ3) is 4.84. The molecule has 0 bridgehead atoms. The van der Waals surface area contributed by atoms with Gasteiger partial charge >= 0.3 is 11.9 Å². The molecule has 0 radical (unpaired) electrons. The third-order valence-electron chi connectivity index (χ3n) is 3.55. The van der Waals surface area contributed by atoms with Crippen LogP contribution in [0, 0.1) is 5.92 Å². The van der Waals surface area contributed by atoms with Crippen LogP contribution < -0.4 is 0 Å². The van der Waals surface area contributed by atoms with Crippen LogP contribution in [0.5, 0.6) is 0 Å². The van der Waals surface area contributed by atoms with Crippen LogP contribution in [-0.2, 0) is 19.1 Å². The molecule has 1 saturated heterocycles. The molecule has 1 rings (SSSR count). The molecule has 0 amide bonds. The minimum atomic E-state index is -0.395. The van der Waals surface area contributed by atoms with Crippen molar-refractivity contribution in [2.24, 2.45) is 5.92 Å². The average molecular weight is 270 g/mol. The second kappa shape index (κ2) is 8.18. The average Bonchev–Trinajstić information content (AvgIpc) is 2.61. The first-order chi connectivity index (χ1) is 9.10. The van der Waals surface area contributed by atoms with Crippen molar-refractivity contribution >= 4 is 11.9 Å². The molecule has 0 aliphatic carbocycles. The summed E-state index contributed by atoms with van der Waals surface area (Å²) in [5, 5.41) is 0. The van der Waals surface area contributed by atoms with Crippen LogP contribution in [0.2, 0.25) is 0 Å². The number of cyclic esters (lactones) is 1. The van der Waals surface area contributed by atoms with Crippen LogP contribution in [0.15, 0.2) is 0 Å². The van der Waals surface area contributed by atoms with E-state index in [1.807, 2.05) is 6.92 Å². The van der Waals surface area contributed by atoms with Crippen molar-refractivity contribution in [2.75, 3.05) is 0 Å². The summed E-state index contributed by atoms with van der Waals surface area (Å²) in [6, 6.07) is 0. The van der Waals surface area contributed by atoms with E-state index in [9.17, 15) is 9.59 Å². The number of esters is 2. The zero-order valence-electron chi connectivity index (χ0n) is 12.3. The van der Waals surface area contributed by atoms with Crippen molar-refractivity contribution in [3.63, 3.8) is 0 Å². The van der Waals surface area contributed by atoms with Crippen LogP contribution in [0.3, 0.4) is 0 Å². The first-order valence-corrected chi connectivity index (χ1v) is 7.50. The van der Waals surface area contributed by atoms with E-state index >= 15 is 0 Å². The van der Waals surface area contributed by atoms with Gasteiger partial charge in [0.1, 0.15) is 6.10 Å². The van der Waals surface area contributed by atoms with E-state index in [1.54, 1.807) is 6.92 Å². The fraction of sp³-hybridized carbons (Fsp3) is 0.867. The maximum Gasteiger partial charge on any atom is 0.313 e. The lowest BCUT2D eigenvalue weighted by Gasteiger charge is -2.19. The Kier molecular flexibility index (Phi) is 6.89. The second-order valence-corrected chi connectivity index (χ2v) is 5.30. The molecule has 19 heavy (non-hydrogen) atoms. The molecular formula is C15H26O4. The molecule has 3 atom stereocenters. The second-order valence-electron chi connectivity index (χ2n) is 5.30. The summed E-state index contributed by atoms with van der Waals surface area (Å²) < 4.78 is 10.6. The Morgan fingerprint density at radius 3 is 2.58 bits per heavy atom. The van der Waals surface area contributed by atoms with Crippen molar-refractivity contribution in [1.82, 2.24) is 0 Å². The van der Waals surface area contributed by atoms with Gasteiger partial charge in [-0.05, 0) is 19.8 Å². The standard InChI is InChI=1S/C15H26O4/c1-4-6-7-8-10-12-14(11(3)18-15(12)17)19-13(16)9-5-2/h11-12,14H,4-10H2,1-3H3/t11-,12+,14?/m0/s1. The Bertz CT molecular complexity index is 301. The molecule has 1 unspecified atom stereocenters. The van der Waals surface area contributed by atoms with Crippen LogP contribution in [0.25, 0.3) is 0 Å². The number of unbranched alkanes of at least 4 members (excludes halogenated alkanes) is 3. The Hall–Kier alpha value is -1.06. The number of hydrogen-bond acceptors (Lipinski definition) is 4. The molecule has 0 spiro atoms. The van der Waals surface area contributed by atoms with Crippen molar-refractivity contribution in [1.29, 1.82) is 0 Å². The molecular weight excluding hydrogens is 244 g/mol. The molecule has 0 aromatic rings. The first kappa shape index (κ1) is 16.0. The van der Waals surface area contributed by atoms with E-state index in [0.29, 0.717) is 6.42 Å². The van der Waals surface area contributed by atoms with Gasteiger partial charge in [0.25, 0.3) is 0 Å². The lowest BCUT2D eigenvalue weighted by atomic mass is 9.95. The number of ether oxygens (including phenoxy) is 2. The van der Waals surface area contributed by atoms with Crippen LogP contribution in [0.1, 0.15) is 65.7 Å². The van der Waals surface area contributed by atoms with Crippen molar-refractivity contribution in [3.05, 3.63) is 0 Å². The molecule has 1 aliphatic heterocycles. The maximum atomic E-state index is 11.8. The highest BCUT2D eigenvalue weighted by molar-refractivity contribution is 5.77. The van der Waals surface area contributed by atoms with Gasteiger partial charge in [0.15, 0.2) is 6.10 Å². The van der Waals surface area contributed by atoms with E-state index in [1.165, 1.54) is 12.8 Å². The van der Waals surface area contributed by atoms with Gasteiger partial charge in [-0.25, -0.2) is 0 Å². The summed E-state index contributed by atoms with van der Waals surface area (Å²) in [4.78, 5) is 23.4. The van der Waals surface area contributed by atoms with Gasteiger partial charge in [0, 0.05) is 6.42 Å². The third-order valence-corrected chi connectivity index (χ3v) is 3.55. The molecule has 0 aromatic heterocycles. The first-order valence-electron chi connectivity index (χ1n) is 7.50. The molecule has 4 nitrogen and oxygen atoms in total. The number of hydrogen-bond donors (Lipinski definition) is 0.